The number of nitrogens with one attached hydrogen (secondary N) is 1. The summed E-state index contributed by atoms with van der Waals surface area (Å²) in [5, 5.41) is 10.3. The molecule has 1 aromatic rings. The summed E-state index contributed by atoms with van der Waals surface area (Å²) in [5.41, 5.74) is 0.733. The molecule has 1 fully saturated rings. The monoisotopic (exact) mass is 397 g/mol. The summed E-state index contributed by atoms with van der Waals surface area (Å²) < 4.78 is 27.1. The van der Waals surface area contributed by atoms with Crippen LogP contribution in [-0.2, 0) is 14.8 Å². The topological polar surface area (TPSA) is 83.5 Å². The van der Waals surface area contributed by atoms with Gasteiger partial charge in [0.25, 0.3) is 0 Å². The minimum absolute atomic E-state index is 0.0716. The highest BCUT2D eigenvalue weighted by Crippen LogP contribution is 2.27. The first-order valence-corrected chi connectivity index (χ1v) is 10.6. The van der Waals surface area contributed by atoms with E-state index < -0.39 is 16.0 Å². The summed E-state index contributed by atoms with van der Waals surface area (Å²) in [6.45, 7) is 0. The Kier molecular flexibility index (Phi) is 7.87. The zero-order chi connectivity index (χ0) is 19.0. The van der Waals surface area contributed by atoms with Gasteiger partial charge in [-0.05, 0) is 61.8 Å². The van der Waals surface area contributed by atoms with Crippen LogP contribution in [0.3, 0.4) is 0 Å². The van der Waals surface area contributed by atoms with Gasteiger partial charge < -0.3 is 5.11 Å². The molecule has 0 bridgehead atoms. The van der Waals surface area contributed by atoms with Crippen LogP contribution in [0, 0.1) is 5.92 Å². The first-order valence-electron chi connectivity index (χ1n) is 8.68. The molecule has 2 unspecified atom stereocenters. The minimum atomic E-state index is -3.50. The van der Waals surface area contributed by atoms with Gasteiger partial charge in [0.05, 0.1) is 0 Å². The summed E-state index contributed by atoms with van der Waals surface area (Å²) >= 11 is 5.89. The van der Waals surface area contributed by atoms with Crippen LogP contribution in [0.25, 0.3) is 6.08 Å². The third-order valence-corrected chi connectivity index (χ3v) is 5.65. The lowest BCUT2D eigenvalue weighted by atomic mass is 10.1. The molecule has 0 amide bonds. The largest absolute Gasteiger partial charge is 0.481 e. The molecule has 2 atom stereocenters. The Bertz CT molecular complexity index is 773. The van der Waals surface area contributed by atoms with Crippen molar-refractivity contribution in [1.29, 1.82) is 0 Å². The molecular formula is C19H24ClNO4S. The molecule has 7 heteroatoms. The Labute approximate surface area is 159 Å². The van der Waals surface area contributed by atoms with Crippen molar-refractivity contribution in [2.45, 2.75) is 44.6 Å². The van der Waals surface area contributed by atoms with E-state index in [1.165, 1.54) is 11.5 Å². The van der Waals surface area contributed by atoms with Crippen molar-refractivity contribution >= 4 is 33.7 Å². The third kappa shape index (κ3) is 7.72. The highest BCUT2D eigenvalue weighted by molar-refractivity contribution is 7.92. The Hall–Kier alpha value is -1.63. The van der Waals surface area contributed by atoms with E-state index in [-0.39, 0.29) is 12.5 Å². The van der Waals surface area contributed by atoms with E-state index in [1.807, 2.05) is 6.08 Å². The molecule has 2 N–H and O–H groups in total. The highest BCUT2D eigenvalue weighted by atomic mass is 35.5. The first-order chi connectivity index (χ1) is 12.3. The van der Waals surface area contributed by atoms with E-state index in [0.717, 1.165) is 31.2 Å². The number of hydrogen-bond donors (Lipinski definition) is 2. The van der Waals surface area contributed by atoms with E-state index in [2.05, 4.69) is 10.8 Å². The Morgan fingerprint density at radius 3 is 2.88 bits per heavy atom. The quantitative estimate of drug-likeness (QED) is 0.483. The number of benzene rings is 1. The molecular weight excluding hydrogens is 374 g/mol. The normalized spacial score (nSPS) is 21.0. The van der Waals surface area contributed by atoms with Crippen LogP contribution in [0.5, 0.6) is 0 Å². The molecule has 0 saturated heterocycles. The molecule has 1 aromatic carbocycles. The van der Waals surface area contributed by atoms with Crippen LogP contribution >= 0.6 is 11.6 Å². The number of halogens is 1. The standard InChI is InChI=1S/C19H24ClNO4S/c20-17-7-4-6-16(13-17)11-12-26(24,25)21-18-10-9-15(14-18)5-2-1-3-8-19(22)23/h2,4-7,11-13,15,18,21H,1,3,8-10,14H2,(H,22,23). The number of unbranched alkanes of at least 4 members (excludes halogenated alkanes) is 1. The predicted molar refractivity (Wildman–Crippen MR) is 104 cm³/mol. The van der Waals surface area contributed by atoms with E-state index in [4.69, 9.17) is 16.7 Å². The smallest absolute Gasteiger partial charge is 0.303 e. The molecule has 0 heterocycles. The number of carbonyl (C=O) groups is 1. The zero-order valence-electron chi connectivity index (χ0n) is 14.5. The molecule has 0 spiro atoms. The molecule has 1 aliphatic carbocycles. The molecule has 0 aliphatic heterocycles. The van der Waals surface area contributed by atoms with Gasteiger partial charge in [-0.2, -0.15) is 0 Å². The summed E-state index contributed by atoms with van der Waals surface area (Å²) in [4.78, 5) is 10.5. The van der Waals surface area contributed by atoms with Crippen molar-refractivity contribution in [1.82, 2.24) is 4.72 Å². The molecule has 1 saturated carbocycles. The Morgan fingerprint density at radius 2 is 2.15 bits per heavy atom. The van der Waals surface area contributed by atoms with Gasteiger partial charge in [-0.25, -0.2) is 13.1 Å². The lowest BCUT2D eigenvalue weighted by Gasteiger charge is -2.10. The average molecular weight is 398 g/mol. The lowest BCUT2D eigenvalue weighted by molar-refractivity contribution is -0.137. The van der Waals surface area contributed by atoms with Crippen molar-refractivity contribution in [3.8, 4) is 0 Å². The van der Waals surface area contributed by atoms with Crippen LogP contribution < -0.4 is 4.72 Å². The summed E-state index contributed by atoms with van der Waals surface area (Å²) in [5.74, 6) is -0.441. The number of carboxylic acids is 1. The second-order valence-corrected chi connectivity index (χ2v) is 8.54. The summed E-state index contributed by atoms with van der Waals surface area (Å²) in [6.07, 6.45) is 9.65. The maximum absolute atomic E-state index is 12.2. The molecule has 1 aliphatic rings. The van der Waals surface area contributed by atoms with Gasteiger partial charge in [-0.1, -0.05) is 35.9 Å². The Morgan fingerprint density at radius 1 is 1.35 bits per heavy atom. The number of hydrogen-bond acceptors (Lipinski definition) is 3. The van der Waals surface area contributed by atoms with Crippen LogP contribution in [0.1, 0.15) is 44.1 Å². The summed E-state index contributed by atoms with van der Waals surface area (Å²) in [7, 11) is -3.50. The van der Waals surface area contributed by atoms with Crippen LogP contribution in [-0.4, -0.2) is 25.5 Å². The molecule has 0 radical (unpaired) electrons. The highest BCUT2D eigenvalue weighted by Gasteiger charge is 2.25. The van der Waals surface area contributed by atoms with Crippen LogP contribution in [0.2, 0.25) is 5.02 Å². The van der Waals surface area contributed by atoms with Gasteiger partial charge in [-0.15, -0.1) is 0 Å². The Balaban J connectivity index is 1.79. The van der Waals surface area contributed by atoms with Crippen molar-refractivity contribution in [3.05, 3.63) is 52.4 Å². The molecule has 26 heavy (non-hydrogen) atoms. The molecule has 0 aromatic heterocycles. The van der Waals surface area contributed by atoms with Crippen molar-refractivity contribution < 1.29 is 18.3 Å². The number of allylic oxidation sites excluding steroid dienone is 2. The van der Waals surface area contributed by atoms with Gasteiger partial charge >= 0.3 is 5.97 Å². The first kappa shape index (κ1) is 20.7. The van der Waals surface area contributed by atoms with Gasteiger partial charge in [0.2, 0.25) is 10.0 Å². The van der Waals surface area contributed by atoms with Crippen LogP contribution in [0.15, 0.2) is 41.8 Å². The predicted octanol–water partition coefficient (Wildman–Crippen LogP) is 4.21. The van der Waals surface area contributed by atoms with Crippen molar-refractivity contribution in [3.63, 3.8) is 0 Å². The fraction of sp³-hybridized carbons (Fsp3) is 0.421. The van der Waals surface area contributed by atoms with E-state index in [9.17, 15) is 13.2 Å². The minimum Gasteiger partial charge on any atom is -0.481 e. The molecule has 5 nitrogen and oxygen atoms in total. The molecule has 2 rings (SSSR count). The number of rotatable bonds is 9. The van der Waals surface area contributed by atoms with Gasteiger partial charge in [0.15, 0.2) is 0 Å². The number of carboxylic acid groups (broad SMARTS) is 1. The molecule has 142 valence electrons. The second kappa shape index (κ2) is 9.90. The SMILES string of the molecule is O=C(O)CCCC=CC1CCC(NS(=O)(=O)C=Cc2cccc(Cl)c2)C1. The fourth-order valence-corrected chi connectivity index (χ4v) is 4.30. The second-order valence-electron chi connectivity index (χ2n) is 6.50. The maximum atomic E-state index is 12.2. The summed E-state index contributed by atoms with van der Waals surface area (Å²) in [6, 6.07) is 6.93. The average Bonchev–Trinajstić information content (AvgIpc) is 2.99. The zero-order valence-corrected chi connectivity index (χ0v) is 16.0. The maximum Gasteiger partial charge on any atom is 0.303 e. The van der Waals surface area contributed by atoms with E-state index >= 15 is 0 Å². The fourth-order valence-electron chi connectivity index (χ4n) is 3.01. The number of aliphatic carboxylic acids is 1. The van der Waals surface area contributed by atoms with Gasteiger partial charge in [0, 0.05) is 22.9 Å². The van der Waals surface area contributed by atoms with Crippen molar-refractivity contribution in [2.75, 3.05) is 0 Å². The van der Waals surface area contributed by atoms with E-state index in [1.54, 1.807) is 24.3 Å². The third-order valence-electron chi connectivity index (χ3n) is 4.26. The van der Waals surface area contributed by atoms with Crippen molar-refractivity contribution in [2.24, 2.45) is 5.92 Å². The number of sulfonamides is 1. The van der Waals surface area contributed by atoms with Crippen LogP contribution in [0.4, 0.5) is 0 Å². The van der Waals surface area contributed by atoms with E-state index in [0.29, 0.717) is 17.4 Å². The lowest BCUT2D eigenvalue weighted by Crippen LogP contribution is -2.31. The van der Waals surface area contributed by atoms with Gasteiger partial charge in [0.1, 0.15) is 0 Å². The van der Waals surface area contributed by atoms with Gasteiger partial charge in [-0.3, -0.25) is 4.79 Å².